The summed E-state index contributed by atoms with van der Waals surface area (Å²) in [6.45, 7) is 3.11. The topological polar surface area (TPSA) is 67.6 Å². The van der Waals surface area contributed by atoms with Gasteiger partial charge in [-0.3, -0.25) is 9.69 Å². The lowest BCUT2D eigenvalue weighted by molar-refractivity contribution is -0.117. The zero-order valence-corrected chi connectivity index (χ0v) is 13.4. The van der Waals surface area contributed by atoms with Gasteiger partial charge in [-0.05, 0) is 38.4 Å². The van der Waals surface area contributed by atoms with E-state index in [4.69, 9.17) is 9.26 Å². The van der Waals surface area contributed by atoms with Gasteiger partial charge in [-0.1, -0.05) is 11.2 Å². The Bertz CT molecular complexity index is 683. The number of aryl methyl sites for hydroxylation is 1. The summed E-state index contributed by atoms with van der Waals surface area (Å²) in [5.74, 6) is 1.48. The molecule has 6 nitrogen and oxygen atoms in total. The number of amides is 1. The van der Waals surface area contributed by atoms with Crippen LogP contribution in [0.1, 0.15) is 30.3 Å². The van der Waals surface area contributed by atoms with Crippen LogP contribution < -0.4 is 10.1 Å². The van der Waals surface area contributed by atoms with Gasteiger partial charge in [0.25, 0.3) is 0 Å². The Kier molecular flexibility index (Phi) is 4.62. The predicted molar refractivity (Wildman–Crippen MR) is 86.4 cm³/mol. The third-order valence-electron chi connectivity index (χ3n) is 4.05. The predicted octanol–water partition coefficient (Wildman–Crippen LogP) is 2.77. The molecular formula is C17H21N3O3. The first-order chi connectivity index (χ1) is 11.2. The highest BCUT2D eigenvalue weighted by Gasteiger charge is 2.29. The maximum atomic E-state index is 12.3. The van der Waals surface area contributed by atoms with Gasteiger partial charge in [-0.15, -0.1) is 0 Å². The van der Waals surface area contributed by atoms with Crippen molar-refractivity contribution in [2.24, 2.45) is 0 Å². The molecule has 1 saturated heterocycles. The highest BCUT2D eigenvalue weighted by Crippen LogP contribution is 2.31. The van der Waals surface area contributed by atoms with Crippen molar-refractivity contribution in [1.29, 1.82) is 0 Å². The number of hydrogen-bond acceptors (Lipinski definition) is 5. The van der Waals surface area contributed by atoms with Crippen LogP contribution in [0.5, 0.6) is 5.75 Å². The molecule has 1 aromatic heterocycles. The van der Waals surface area contributed by atoms with Crippen LogP contribution in [0.3, 0.4) is 0 Å². The van der Waals surface area contributed by atoms with Crippen molar-refractivity contribution in [2.75, 3.05) is 25.5 Å². The number of aromatic nitrogens is 1. The molecule has 1 fully saturated rings. The summed E-state index contributed by atoms with van der Waals surface area (Å²) < 4.78 is 10.3. The molecule has 1 atom stereocenters. The van der Waals surface area contributed by atoms with E-state index < -0.39 is 0 Å². The van der Waals surface area contributed by atoms with Crippen molar-refractivity contribution >= 4 is 11.6 Å². The largest absolute Gasteiger partial charge is 0.497 e. The van der Waals surface area contributed by atoms with Gasteiger partial charge in [0.15, 0.2) is 0 Å². The second kappa shape index (κ2) is 6.83. The minimum atomic E-state index is -0.0367. The molecular weight excluding hydrogens is 294 g/mol. The third-order valence-corrected chi connectivity index (χ3v) is 4.05. The standard InChI is InChI=1S/C17H21N3O3/c1-12-9-15(19-23-12)16-7-4-8-20(16)11-17(21)18-13-5-3-6-14(10-13)22-2/h3,5-6,9-10,16H,4,7-8,11H2,1-2H3,(H,18,21)/t16-/m0/s1. The minimum absolute atomic E-state index is 0.0367. The van der Waals surface area contributed by atoms with E-state index in [2.05, 4.69) is 15.4 Å². The Balaban J connectivity index is 1.62. The van der Waals surface area contributed by atoms with Crippen molar-refractivity contribution in [2.45, 2.75) is 25.8 Å². The molecule has 0 saturated carbocycles. The highest BCUT2D eigenvalue weighted by molar-refractivity contribution is 5.92. The van der Waals surface area contributed by atoms with E-state index in [1.807, 2.05) is 31.2 Å². The van der Waals surface area contributed by atoms with E-state index in [-0.39, 0.29) is 11.9 Å². The Morgan fingerprint density at radius 1 is 1.48 bits per heavy atom. The fraction of sp³-hybridized carbons (Fsp3) is 0.412. The van der Waals surface area contributed by atoms with Gasteiger partial charge in [-0.2, -0.15) is 0 Å². The van der Waals surface area contributed by atoms with Crippen molar-refractivity contribution in [3.05, 3.63) is 41.8 Å². The van der Waals surface area contributed by atoms with Gasteiger partial charge in [0.1, 0.15) is 17.2 Å². The number of hydrogen-bond donors (Lipinski definition) is 1. The van der Waals surface area contributed by atoms with Gasteiger partial charge in [-0.25, -0.2) is 0 Å². The van der Waals surface area contributed by atoms with E-state index in [0.29, 0.717) is 6.54 Å². The van der Waals surface area contributed by atoms with Crippen LogP contribution in [0.2, 0.25) is 0 Å². The van der Waals surface area contributed by atoms with Crippen molar-refractivity contribution in [1.82, 2.24) is 10.1 Å². The van der Waals surface area contributed by atoms with Crippen LogP contribution in [0.15, 0.2) is 34.9 Å². The smallest absolute Gasteiger partial charge is 0.238 e. The second-order valence-electron chi connectivity index (χ2n) is 5.77. The number of nitrogens with zero attached hydrogens (tertiary/aromatic N) is 2. The molecule has 0 aliphatic carbocycles. The first-order valence-corrected chi connectivity index (χ1v) is 7.77. The molecule has 122 valence electrons. The lowest BCUT2D eigenvalue weighted by Gasteiger charge is -2.21. The number of ether oxygens (including phenoxy) is 1. The van der Waals surface area contributed by atoms with Gasteiger partial charge in [0, 0.05) is 17.8 Å². The molecule has 0 radical (unpaired) electrons. The van der Waals surface area contributed by atoms with E-state index in [0.717, 1.165) is 42.3 Å². The molecule has 0 spiro atoms. The summed E-state index contributed by atoms with van der Waals surface area (Å²) in [7, 11) is 1.61. The quantitative estimate of drug-likeness (QED) is 0.919. The van der Waals surface area contributed by atoms with Crippen molar-refractivity contribution < 1.29 is 14.1 Å². The van der Waals surface area contributed by atoms with E-state index in [1.54, 1.807) is 13.2 Å². The number of carbonyl (C=O) groups is 1. The molecule has 2 heterocycles. The molecule has 2 aromatic rings. The number of nitrogens with one attached hydrogen (secondary N) is 1. The zero-order valence-electron chi connectivity index (χ0n) is 13.4. The van der Waals surface area contributed by atoms with Crippen molar-refractivity contribution in [3.8, 4) is 5.75 Å². The molecule has 6 heteroatoms. The molecule has 1 aliphatic rings. The van der Waals surface area contributed by atoms with Crippen LogP contribution in [-0.2, 0) is 4.79 Å². The maximum absolute atomic E-state index is 12.3. The summed E-state index contributed by atoms with van der Waals surface area (Å²) in [5, 5.41) is 7.01. The molecule has 23 heavy (non-hydrogen) atoms. The normalized spacial score (nSPS) is 18.1. The van der Waals surface area contributed by atoms with E-state index in [9.17, 15) is 4.79 Å². The number of rotatable bonds is 5. The van der Waals surface area contributed by atoms with Crippen LogP contribution in [-0.4, -0.2) is 36.2 Å². The summed E-state index contributed by atoms with van der Waals surface area (Å²) in [6, 6.07) is 9.46. The van der Waals surface area contributed by atoms with Gasteiger partial charge < -0.3 is 14.6 Å². The molecule has 0 unspecified atom stereocenters. The Hall–Kier alpha value is -2.34. The Morgan fingerprint density at radius 3 is 3.09 bits per heavy atom. The molecule has 1 aliphatic heterocycles. The second-order valence-corrected chi connectivity index (χ2v) is 5.77. The van der Waals surface area contributed by atoms with Crippen LogP contribution in [0, 0.1) is 6.92 Å². The molecule has 0 bridgehead atoms. The maximum Gasteiger partial charge on any atom is 0.238 e. The SMILES string of the molecule is COc1cccc(NC(=O)CN2CCC[C@H]2c2cc(C)on2)c1. The average Bonchev–Trinajstić information content (AvgIpc) is 3.16. The first-order valence-electron chi connectivity index (χ1n) is 7.77. The van der Waals surface area contributed by atoms with Gasteiger partial charge in [0.2, 0.25) is 5.91 Å². The summed E-state index contributed by atoms with van der Waals surface area (Å²) in [5.41, 5.74) is 1.65. The van der Waals surface area contributed by atoms with Gasteiger partial charge in [0.05, 0.1) is 19.7 Å². The summed E-state index contributed by atoms with van der Waals surface area (Å²) >= 11 is 0. The fourth-order valence-corrected chi connectivity index (χ4v) is 2.98. The molecule has 1 aromatic carbocycles. The lowest BCUT2D eigenvalue weighted by Crippen LogP contribution is -2.33. The zero-order chi connectivity index (χ0) is 16.2. The molecule has 1 amide bonds. The number of benzene rings is 1. The van der Waals surface area contributed by atoms with Crippen LogP contribution in [0.25, 0.3) is 0 Å². The lowest BCUT2D eigenvalue weighted by atomic mass is 10.1. The number of methoxy groups -OCH3 is 1. The van der Waals surface area contributed by atoms with E-state index >= 15 is 0 Å². The molecule has 3 rings (SSSR count). The minimum Gasteiger partial charge on any atom is -0.497 e. The Labute approximate surface area is 135 Å². The third kappa shape index (κ3) is 3.71. The van der Waals surface area contributed by atoms with Gasteiger partial charge >= 0.3 is 0 Å². The monoisotopic (exact) mass is 315 g/mol. The first kappa shape index (κ1) is 15.6. The van der Waals surface area contributed by atoms with E-state index in [1.165, 1.54) is 0 Å². The summed E-state index contributed by atoms with van der Waals surface area (Å²) in [4.78, 5) is 14.5. The Morgan fingerprint density at radius 2 is 2.35 bits per heavy atom. The fourth-order valence-electron chi connectivity index (χ4n) is 2.98. The number of carbonyl (C=O) groups excluding carboxylic acids is 1. The highest BCUT2D eigenvalue weighted by atomic mass is 16.5. The van der Waals surface area contributed by atoms with Crippen LogP contribution in [0.4, 0.5) is 5.69 Å². The average molecular weight is 315 g/mol. The summed E-state index contributed by atoms with van der Waals surface area (Å²) in [6.07, 6.45) is 2.06. The van der Waals surface area contributed by atoms with Crippen molar-refractivity contribution in [3.63, 3.8) is 0 Å². The molecule has 1 N–H and O–H groups in total. The van der Waals surface area contributed by atoms with Crippen LogP contribution >= 0.6 is 0 Å². The number of likely N-dealkylation sites (tertiary alicyclic amines) is 1. The number of anilines is 1.